The Balaban J connectivity index is 2.29. The summed E-state index contributed by atoms with van der Waals surface area (Å²) in [4.78, 5) is 34.0. The fraction of sp³-hybridized carbons (Fsp3) is 0.320. The summed E-state index contributed by atoms with van der Waals surface area (Å²) in [6.45, 7) is 4.53. The van der Waals surface area contributed by atoms with Crippen molar-refractivity contribution in [1.82, 2.24) is 9.80 Å². The van der Waals surface area contributed by atoms with Crippen LogP contribution in [0, 0.1) is 0 Å². The van der Waals surface area contributed by atoms with Crippen LogP contribution < -0.4 is 9.80 Å². The molecule has 0 aromatic heterocycles. The summed E-state index contributed by atoms with van der Waals surface area (Å²) in [5.41, 5.74) is 4.46. The van der Waals surface area contributed by atoms with Crippen LogP contribution in [0.15, 0.2) is 54.1 Å². The molecular weight excluding hydrogens is 420 g/mol. The van der Waals surface area contributed by atoms with Crippen molar-refractivity contribution in [3.63, 3.8) is 0 Å². The number of likely N-dealkylation sites (N-methyl/N-ethyl adjacent to an activating group) is 2. The molecule has 1 heterocycles. The number of hydrogen-bond donors (Lipinski definition) is 0. The van der Waals surface area contributed by atoms with E-state index in [1.54, 1.807) is 0 Å². The number of amides is 2. The summed E-state index contributed by atoms with van der Waals surface area (Å²) < 4.78 is 0. The molecule has 7 heteroatoms. The molecule has 0 aliphatic carbocycles. The minimum atomic E-state index is -0.351. The third kappa shape index (κ3) is 4.25. The third-order valence-corrected chi connectivity index (χ3v) is 6.05. The fourth-order valence-corrected chi connectivity index (χ4v) is 4.18. The van der Waals surface area contributed by atoms with Gasteiger partial charge in [-0.25, -0.2) is 0 Å². The van der Waals surface area contributed by atoms with Gasteiger partial charge in [0.15, 0.2) is 5.11 Å². The summed E-state index contributed by atoms with van der Waals surface area (Å²) >= 11 is 5.44. The van der Waals surface area contributed by atoms with Crippen LogP contribution in [-0.2, 0) is 9.59 Å². The smallest absolute Gasteiger partial charge is 0.266 e. The van der Waals surface area contributed by atoms with E-state index in [9.17, 15) is 9.59 Å². The molecule has 32 heavy (non-hydrogen) atoms. The summed E-state index contributed by atoms with van der Waals surface area (Å²) in [7, 11) is 7.90. The van der Waals surface area contributed by atoms with Gasteiger partial charge in [0, 0.05) is 58.2 Å². The molecule has 1 saturated heterocycles. The van der Waals surface area contributed by atoms with Gasteiger partial charge in [0.25, 0.3) is 11.8 Å². The van der Waals surface area contributed by atoms with Gasteiger partial charge in [0.2, 0.25) is 0 Å². The molecule has 0 spiro atoms. The van der Waals surface area contributed by atoms with E-state index < -0.39 is 0 Å². The largest absolute Gasteiger partial charge is 0.378 e. The highest BCUT2D eigenvalue weighted by molar-refractivity contribution is 7.80. The number of anilines is 2. The maximum absolute atomic E-state index is 13.5. The van der Waals surface area contributed by atoms with Crippen LogP contribution in [0.25, 0.3) is 5.57 Å². The van der Waals surface area contributed by atoms with E-state index in [0.717, 1.165) is 22.5 Å². The molecule has 0 bridgehead atoms. The van der Waals surface area contributed by atoms with Gasteiger partial charge in [-0.1, -0.05) is 24.3 Å². The topological polar surface area (TPSA) is 47.1 Å². The Morgan fingerprint density at radius 2 is 1.06 bits per heavy atom. The van der Waals surface area contributed by atoms with Crippen LogP contribution in [0.4, 0.5) is 11.4 Å². The molecule has 0 radical (unpaired) electrons. The molecule has 6 nitrogen and oxygen atoms in total. The van der Waals surface area contributed by atoms with Gasteiger partial charge < -0.3 is 9.80 Å². The maximum atomic E-state index is 13.5. The first-order valence-electron chi connectivity index (χ1n) is 10.7. The van der Waals surface area contributed by atoms with Crippen molar-refractivity contribution in [1.29, 1.82) is 0 Å². The molecule has 1 aliphatic rings. The van der Waals surface area contributed by atoms with E-state index in [0.29, 0.717) is 18.7 Å². The van der Waals surface area contributed by atoms with Crippen molar-refractivity contribution in [2.45, 2.75) is 13.8 Å². The minimum absolute atomic E-state index is 0.150. The van der Waals surface area contributed by atoms with Gasteiger partial charge in [0.1, 0.15) is 5.57 Å². The summed E-state index contributed by atoms with van der Waals surface area (Å²) in [6, 6.07) is 15.8. The van der Waals surface area contributed by atoms with Crippen LogP contribution in [0.3, 0.4) is 0 Å². The predicted molar refractivity (Wildman–Crippen MR) is 135 cm³/mol. The highest BCUT2D eigenvalue weighted by atomic mass is 32.1. The SMILES string of the molecule is CCN1C(=O)C(=C(c2ccc(N(C)C)cc2)c2ccc(N(C)C)cc2)C(=O)N(CC)C1=S. The Kier molecular flexibility index (Phi) is 6.99. The zero-order valence-electron chi connectivity index (χ0n) is 19.5. The van der Waals surface area contributed by atoms with Crippen LogP contribution in [-0.4, -0.2) is 68.0 Å². The number of hydrogen-bond acceptors (Lipinski definition) is 5. The number of benzene rings is 2. The van der Waals surface area contributed by atoms with E-state index in [1.165, 1.54) is 9.80 Å². The predicted octanol–water partition coefficient (Wildman–Crippen LogP) is 3.62. The second kappa shape index (κ2) is 9.53. The van der Waals surface area contributed by atoms with Gasteiger partial charge in [-0.3, -0.25) is 19.4 Å². The Bertz CT molecular complexity index is 975. The number of rotatable bonds is 6. The molecule has 1 fully saturated rings. The molecule has 0 N–H and O–H groups in total. The monoisotopic (exact) mass is 450 g/mol. The van der Waals surface area contributed by atoms with Crippen LogP contribution in [0.5, 0.6) is 0 Å². The molecular formula is C25H30N4O2S. The van der Waals surface area contributed by atoms with Gasteiger partial charge in [-0.05, 0) is 61.5 Å². The molecule has 0 atom stereocenters. The van der Waals surface area contributed by atoms with Crippen LogP contribution >= 0.6 is 12.2 Å². The molecule has 2 amide bonds. The van der Waals surface area contributed by atoms with E-state index in [-0.39, 0.29) is 22.5 Å². The van der Waals surface area contributed by atoms with Crippen LogP contribution in [0.2, 0.25) is 0 Å². The van der Waals surface area contributed by atoms with Crippen LogP contribution in [0.1, 0.15) is 25.0 Å². The molecule has 0 saturated carbocycles. The third-order valence-electron chi connectivity index (χ3n) is 5.61. The van der Waals surface area contributed by atoms with Crippen molar-refractivity contribution in [2.75, 3.05) is 51.1 Å². The number of carbonyl (C=O) groups is 2. The zero-order valence-corrected chi connectivity index (χ0v) is 20.4. The Morgan fingerprint density at radius 1 is 0.719 bits per heavy atom. The first-order chi connectivity index (χ1) is 15.2. The lowest BCUT2D eigenvalue weighted by molar-refractivity contribution is -0.133. The molecule has 1 aliphatic heterocycles. The molecule has 168 valence electrons. The zero-order chi connectivity index (χ0) is 23.6. The van der Waals surface area contributed by atoms with Gasteiger partial charge in [0.05, 0.1) is 0 Å². The Hall–Kier alpha value is -3.19. The van der Waals surface area contributed by atoms with E-state index in [1.807, 2.05) is 100 Å². The minimum Gasteiger partial charge on any atom is -0.378 e. The summed E-state index contributed by atoms with van der Waals surface area (Å²) in [5, 5.41) is 0.263. The summed E-state index contributed by atoms with van der Waals surface area (Å²) in [5.74, 6) is -0.703. The van der Waals surface area contributed by atoms with Crippen molar-refractivity contribution in [3.8, 4) is 0 Å². The second-order valence-electron chi connectivity index (χ2n) is 8.01. The standard InChI is InChI=1S/C25H30N4O2S/c1-7-28-23(30)22(24(31)29(8-2)25(28)32)21(17-9-13-19(14-10-17)26(3)4)18-11-15-20(16-12-18)27(5)6/h9-16H,7-8H2,1-6H3. The van der Waals surface area contributed by atoms with Gasteiger partial charge >= 0.3 is 0 Å². The first kappa shape index (κ1) is 23.5. The molecule has 0 unspecified atom stereocenters. The Morgan fingerprint density at radius 3 is 1.34 bits per heavy atom. The average molecular weight is 451 g/mol. The highest BCUT2D eigenvalue weighted by Crippen LogP contribution is 2.33. The summed E-state index contributed by atoms with van der Waals surface area (Å²) in [6.07, 6.45) is 0. The normalized spacial score (nSPS) is 14.2. The Labute approximate surface area is 195 Å². The van der Waals surface area contributed by atoms with E-state index in [4.69, 9.17) is 12.2 Å². The van der Waals surface area contributed by atoms with Crippen molar-refractivity contribution in [3.05, 3.63) is 65.2 Å². The quantitative estimate of drug-likeness (QED) is 0.382. The van der Waals surface area contributed by atoms with Crippen molar-refractivity contribution in [2.24, 2.45) is 0 Å². The number of thiocarbonyl (C=S) groups is 1. The average Bonchev–Trinajstić information content (AvgIpc) is 2.77. The van der Waals surface area contributed by atoms with Crippen molar-refractivity contribution >= 4 is 46.1 Å². The van der Waals surface area contributed by atoms with Gasteiger partial charge in [-0.15, -0.1) is 0 Å². The molecule has 3 rings (SSSR count). The fourth-order valence-electron chi connectivity index (χ4n) is 3.76. The first-order valence-corrected chi connectivity index (χ1v) is 11.1. The highest BCUT2D eigenvalue weighted by Gasteiger charge is 2.40. The lowest BCUT2D eigenvalue weighted by atomic mass is 9.90. The van der Waals surface area contributed by atoms with E-state index in [2.05, 4.69) is 0 Å². The van der Waals surface area contributed by atoms with Crippen molar-refractivity contribution < 1.29 is 9.59 Å². The van der Waals surface area contributed by atoms with Gasteiger partial charge in [-0.2, -0.15) is 0 Å². The lowest BCUT2D eigenvalue weighted by Crippen LogP contribution is -2.56. The maximum Gasteiger partial charge on any atom is 0.266 e. The van der Waals surface area contributed by atoms with E-state index >= 15 is 0 Å². The second-order valence-corrected chi connectivity index (χ2v) is 8.38. The molecule has 2 aromatic rings. The lowest BCUT2D eigenvalue weighted by Gasteiger charge is -2.36. The number of carbonyl (C=O) groups excluding carboxylic acids is 2. The number of nitrogens with zero attached hydrogens (tertiary/aromatic N) is 4. The molecule has 2 aromatic carbocycles.